The number of aryl methyl sites for hydroxylation is 1. The molecule has 0 aliphatic heterocycles. The summed E-state index contributed by atoms with van der Waals surface area (Å²) in [6.07, 6.45) is 0.805. The van der Waals surface area contributed by atoms with Crippen LogP contribution in [-0.4, -0.2) is 21.3 Å². The van der Waals surface area contributed by atoms with Crippen LogP contribution in [-0.2, 0) is 15.6 Å². The van der Waals surface area contributed by atoms with Crippen LogP contribution in [0.15, 0.2) is 24.3 Å². The van der Waals surface area contributed by atoms with E-state index in [4.69, 9.17) is 9.31 Å². The lowest BCUT2D eigenvalue weighted by Gasteiger charge is -2.09. The van der Waals surface area contributed by atoms with Gasteiger partial charge in [0.15, 0.2) is 0 Å². The summed E-state index contributed by atoms with van der Waals surface area (Å²) in [7, 11) is 3.18. The van der Waals surface area contributed by atoms with Crippen LogP contribution in [0.5, 0.6) is 0 Å². The Bertz CT molecular complexity index is 259. The lowest BCUT2D eigenvalue weighted by Crippen LogP contribution is -2.23. The van der Waals surface area contributed by atoms with E-state index in [2.05, 4.69) is 19.1 Å². The average molecular weight is 178 g/mol. The molecule has 1 aromatic rings. The Morgan fingerprint density at radius 3 is 2.31 bits per heavy atom. The van der Waals surface area contributed by atoms with Crippen LogP contribution in [0.1, 0.15) is 11.1 Å². The minimum Gasteiger partial charge on any atom is -0.414 e. The Hall–Kier alpha value is -0.795. The van der Waals surface area contributed by atoms with Gasteiger partial charge in [-0.3, -0.25) is 0 Å². The van der Waals surface area contributed by atoms with Crippen molar-refractivity contribution in [3.8, 4) is 0 Å². The molecule has 13 heavy (non-hydrogen) atoms. The van der Waals surface area contributed by atoms with Gasteiger partial charge < -0.3 is 9.31 Å². The highest BCUT2D eigenvalue weighted by molar-refractivity contribution is 6.43. The van der Waals surface area contributed by atoms with Gasteiger partial charge in [-0.05, 0) is 18.1 Å². The number of hydrogen-bond donors (Lipinski definition) is 0. The summed E-state index contributed by atoms with van der Waals surface area (Å²) in [5.41, 5.74) is 2.55. The molecule has 0 amide bonds. The molecule has 0 aromatic heterocycles. The third kappa shape index (κ3) is 2.86. The van der Waals surface area contributed by atoms with E-state index < -0.39 is 0 Å². The second-order valence-electron chi connectivity index (χ2n) is 3.03. The van der Waals surface area contributed by atoms with Crippen molar-refractivity contribution < 1.29 is 9.31 Å². The molecule has 0 saturated carbocycles. The van der Waals surface area contributed by atoms with Gasteiger partial charge in [-0.25, -0.2) is 0 Å². The van der Waals surface area contributed by atoms with Gasteiger partial charge in [-0.15, -0.1) is 0 Å². The van der Waals surface area contributed by atoms with Gasteiger partial charge in [0.05, 0.1) is 0 Å². The molecular formula is C10H15BO2. The van der Waals surface area contributed by atoms with Crippen molar-refractivity contribution in [2.24, 2.45) is 0 Å². The van der Waals surface area contributed by atoms with Crippen molar-refractivity contribution in [3.63, 3.8) is 0 Å². The van der Waals surface area contributed by atoms with E-state index in [1.807, 2.05) is 12.1 Å². The topological polar surface area (TPSA) is 18.5 Å². The van der Waals surface area contributed by atoms with Crippen molar-refractivity contribution in [2.75, 3.05) is 14.2 Å². The maximum Gasteiger partial charge on any atom is 0.461 e. The molecule has 0 atom stereocenters. The van der Waals surface area contributed by atoms with Gasteiger partial charge >= 0.3 is 7.12 Å². The Labute approximate surface area is 80.0 Å². The summed E-state index contributed by atoms with van der Waals surface area (Å²) in [6.45, 7) is 2.09. The predicted octanol–water partition coefficient (Wildman–Crippen LogP) is 1.86. The summed E-state index contributed by atoms with van der Waals surface area (Å²) in [5, 5.41) is 0. The van der Waals surface area contributed by atoms with Gasteiger partial charge in [0.1, 0.15) is 0 Å². The molecule has 0 bridgehead atoms. The largest absolute Gasteiger partial charge is 0.461 e. The highest BCUT2D eigenvalue weighted by Crippen LogP contribution is 2.09. The lowest BCUT2D eigenvalue weighted by molar-refractivity contribution is 0.277. The third-order valence-electron chi connectivity index (χ3n) is 2.17. The molecule has 0 fully saturated rings. The molecular weight excluding hydrogens is 163 g/mol. The maximum atomic E-state index is 5.14. The minimum atomic E-state index is -0.138. The van der Waals surface area contributed by atoms with Gasteiger partial charge in [0.2, 0.25) is 0 Å². The fourth-order valence-electron chi connectivity index (χ4n) is 1.28. The highest BCUT2D eigenvalue weighted by Gasteiger charge is 2.15. The van der Waals surface area contributed by atoms with Crippen LogP contribution in [0, 0.1) is 6.92 Å². The molecule has 0 saturated heterocycles. The lowest BCUT2D eigenvalue weighted by atomic mass is 9.79. The van der Waals surface area contributed by atoms with Crippen LogP contribution in [0.2, 0.25) is 0 Å². The Kier molecular flexibility index (Phi) is 3.99. The highest BCUT2D eigenvalue weighted by atomic mass is 16.6. The maximum absolute atomic E-state index is 5.14. The summed E-state index contributed by atoms with van der Waals surface area (Å²) >= 11 is 0. The first kappa shape index (κ1) is 10.3. The molecule has 70 valence electrons. The van der Waals surface area contributed by atoms with Gasteiger partial charge in [0, 0.05) is 20.5 Å². The number of rotatable bonds is 4. The van der Waals surface area contributed by atoms with Crippen LogP contribution < -0.4 is 0 Å². The molecule has 0 heterocycles. The summed E-state index contributed by atoms with van der Waals surface area (Å²) in [5.74, 6) is 0. The van der Waals surface area contributed by atoms with Crippen molar-refractivity contribution in [1.82, 2.24) is 0 Å². The van der Waals surface area contributed by atoms with E-state index in [9.17, 15) is 0 Å². The van der Waals surface area contributed by atoms with Gasteiger partial charge in [-0.2, -0.15) is 0 Å². The zero-order chi connectivity index (χ0) is 9.68. The van der Waals surface area contributed by atoms with Gasteiger partial charge in [0.25, 0.3) is 0 Å². The molecule has 0 N–H and O–H groups in total. The van der Waals surface area contributed by atoms with Gasteiger partial charge in [-0.1, -0.05) is 24.3 Å². The van der Waals surface area contributed by atoms with E-state index in [-0.39, 0.29) is 7.12 Å². The molecule has 0 unspecified atom stereocenters. The monoisotopic (exact) mass is 178 g/mol. The first-order valence-electron chi connectivity index (χ1n) is 4.38. The molecule has 0 aliphatic rings. The van der Waals surface area contributed by atoms with Crippen molar-refractivity contribution in [2.45, 2.75) is 13.2 Å². The van der Waals surface area contributed by atoms with E-state index in [0.717, 1.165) is 6.32 Å². The summed E-state index contributed by atoms with van der Waals surface area (Å²) in [4.78, 5) is 0. The Morgan fingerprint density at radius 2 is 1.77 bits per heavy atom. The van der Waals surface area contributed by atoms with E-state index in [1.165, 1.54) is 11.1 Å². The van der Waals surface area contributed by atoms with Crippen molar-refractivity contribution in [3.05, 3.63) is 35.4 Å². The quantitative estimate of drug-likeness (QED) is 0.655. The third-order valence-corrected chi connectivity index (χ3v) is 2.17. The molecule has 1 rings (SSSR count). The molecule has 2 nitrogen and oxygen atoms in total. The van der Waals surface area contributed by atoms with E-state index in [0.29, 0.717) is 0 Å². The molecule has 0 aliphatic carbocycles. The molecule has 1 aromatic carbocycles. The van der Waals surface area contributed by atoms with Crippen LogP contribution in [0.25, 0.3) is 0 Å². The summed E-state index contributed by atoms with van der Waals surface area (Å²) in [6, 6.07) is 8.26. The first-order chi connectivity index (χ1) is 6.27. The summed E-state index contributed by atoms with van der Waals surface area (Å²) < 4.78 is 10.3. The average Bonchev–Trinajstić information content (AvgIpc) is 2.17. The zero-order valence-electron chi connectivity index (χ0n) is 8.41. The molecule has 0 radical (unpaired) electrons. The standard InChI is InChI=1S/C10H15BO2/c1-9-6-4-5-7-10(9)8-11(12-2)13-3/h4-7H,8H2,1-3H3. The number of hydrogen-bond acceptors (Lipinski definition) is 2. The SMILES string of the molecule is COB(Cc1ccccc1C)OC. The predicted molar refractivity (Wildman–Crippen MR) is 54.7 cm³/mol. The molecule has 3 heteroatoms. The Morgan fingerprint density at radius 1 is 1.15 bits per heavy atom. The smallest absolute Gasteiger partial charge is 0.414 e. The second kappa shape index (κ2) is 5.05. The van der Waals surface area contributed by atoms with Crippen LogP contribution in [0.3, 0.4) is 0 Å². The van der Waals surface area contributed by atoms with Crippen LogP contribution in [0.4, 0.5) is 0 Å². The fraction of sp³-hybridized carbons (Fsp3) is 0.400. The van der Waals surface area contributed by atoms with E-state index in [1.54, 1.807) is 14.2 Å². The Balaban J connectivity index is 2.67. The normalized spacial score (nSPS) is 10.1. The second-order valence-corrected chi connectivity index (χ2v) is 3.03. The first-order valence-corrected chi connectivity index (χ1v) is 4.38. The number of benzene rings is 1. The van der Waals surface area contributed by atoms with Crippen molar-refractivity contribution in [1.29, 1.82) is 0 Å². The fourth-order valence-corrected chi connectivity index (χ4v) is 1.28. The zero-order valence-corrected chi connectivity index (χ0v) is 8.41. The van der Waals surface area contributed by atoms with Crippen molar-refractivity contribution >= 4 is 7.12 Å². The van der Waals surface area contributed by atoms with Crippen LogP contribution >= 0.6 is 0 Å². The minimum absolute atomic E-state index is 0.138. The molecule has 0 spiro atoms. The van der Waals surface area contributed by atoms with E-state index >= 15 is 0 Å².